The van der Waals surface area contributed by atoms with Crippen LogP contribution in [0.1, 0.15) is 25.8 Å². The van der Waals surface area contributed by atoms with E-state index in [-0.39, 0.29) is 37.4 Å². The Balaban J connectivity index is 1.64. The molecule has 2 amide bonds. The summed E-state index contributed by atoms with van der Waals surface area (Å²) in [5.41, 5.74) is 2.36. The van der Waals surface area contributed by atoms with Gasteiger partial charge in [0, 0.05) is 24.7 Å². The third-order valence-corrected chi connectivity index (χ3v) is 5.24. The zero-order valence-corrected chi connectivity index (χ0v) is 18.3. The molecule has 0 spiro atoms. The summed E-state index contributed by atoms with van der Waals surface area (Å²) in [5, 5.41) is 0. The van der Waals surface area contributed by atoms with Gasteiger partial charge in [-0.25, -0.2) is 0 Å². The summed E-state index contributed by atoms with van der Waals surface area (Å²) in [6, 6.07) is 14.7. The number of benzene rings is 2. The highest BCUT2D eigenvalue weighted by atomic mass is 16.5. The number of nitrogens with zero attached hydrogens (tertiary/aromatic N) is 2. The zero-order chi connectivity index (χ0) is 22.5. The number of hydrogen-bond donors (Lipinski definition) is 0. The van der Waals surface area contributed by atoms with Gasteiger partial charge in [0.05, 0.1) is 18.7 Å². The number of carbonyl (C=O) groups excluding carboxylic acids is 3. The quantitative estimate of drug-likeness (QED) is 0.637. The number of methoxy groups -OCH3 is 1. The Kier molecular flexibility index (Phi) is 6.95. The molecule has 2 aromatic rings. The Morgan fingerprint density at radius 1 is 1.16 bits per heavy atom. The van der Waals surface area contributed by atoms with E-state index in [1.807, 2.05) is 63.2 Å². The molecular weight excluding hydrogens is 396 g/mol. The summed E-state index contributed by atoms with van der Waals surface area (Å²) in [6.07, 6.45) is 0.0384. The average molecular weight is 424 g/mol. The van der Waals surface area contributed by atoms with Crippen molar-refractivity contribution in [1.29, 1.82) is 0 Å². The van der Waals surface area contributed by atoms with E-state index in [1.54, 1.807) is 23.0 Å². The van der Waals surface area contributed by atoms with Gasteiger partial charge in [-0.15, -0.1) is 0 Å². The van der Waals surface area contributed by atoms with E-state index in [4.69, 9.17) is 9.47 Å². The van der Waals surface area contributed by atoms with Gasteiger partial charge in [0.25, 0.3) is 5.91 Å². The summed E-state index contributed by atoms with van der Waals surface area (Å²) in [6.45, 7) is 5.54. The summed E-state index contributed by atoms with van der Waals surface area (Å²) in [5.74, 6) is -1.10. The van der Waals surface area contributed by atoms with Crippen LogP contribution in [0.2, 0.25) is 0 Å². The lowest BCUT2D eigenvalue weighted by atomic mass is 10.1. The maximum Gasteiger partial charge on any atom is 0.311 e. The molecule has 0 aromatic heterocycles. The number of hydrogen-bond acceptors (Lipinski definition) is 5. The molecule has 0 saturated carbocycles. The van der Waals surface area contributed by atoms with E-state index in [9.17, 15) is 14.4 Å². The van der Waals surface area contributed by atoms with E-state index >= 15 is 0 Å². The van der Waals surface area contributed by atoms with Crippen molar-refractivity contribution in [2.24, 2.45) is 5.92 Å². The first-order valence-corrected chi connectivity index (χ1v) is 10.3. The van der Waals surface area contributed by atoms with Crippen molar-refractivity contribution in [2.45, 2.75) is 33.2 Å². The number of ether oxygens (including phenoxy) is 2. The molecule has 7 heteroatoms. The molecule has 7 nitrogen and oxygen atoms in total. The van der Waals surface area contributed by atoms with Crippen LogP contribution in [0.15, 0.2) is 48.5 Å². The summed E-state index contributed by atoms with van der Waals surface area (Å²) < 4.78 is 10.7. The molecule has 3 rings (SSSR count). The monoisotopic (exact) mass is 424 g/mol. The van der Waals surface area contributed by atoms with Gasteiger partial charge in [-0.2, -0.15) is 0 Å². The molecule has 1 fully saturated rings. The van der Waals surface area contributed by atoms with Crippen LogP contribution in [0.5, 0.6) is 5.75 Å². The molecule has 1 saturated heterocycles. The second kappa shape index (κ2) is 9.64. The molecule has 1 aliphatic rings. The normalized spacial score (nSPS) is 15.8. The second-order valence-corrected chi connectivity index (χ2v) is 7.88. The van der Waals surface area contributed by atoms with Crippen LogP contribution in [0.4, 0.5) is 11.4 Å². The van der Waals surface area contributed by atoms with Gasteiger partial charge in [-0.05, 0) is 50.6 Å². The molecule has 0 radical (unpaired) electrons. The van der Waals surface area contributed by atoms with Gasteiger partial charge in [-0.3, -0.25) is 14.4 Å². The topological polar surface area (TPSA) is 76.2 Å². The highest BCUT2D eigenvalue weighted by molar-refractivity contribution is 6.01. The minimum absolute atomic E-state index is 0.0384. The standard InChI is InChI=1S/C24H28N2O5/c1-16(2)26(19-8-6-5-7-9-19)23(28)15-31-24(29)18-13-22(27)25(14-18)20-12-17(3)10-11-21(20)30-4/h5-12,16,18H,13-15H2,1-4H3/t18-/m0/s1. The second-order valence-electron chi connectivity index (χ2n) is 7.88. The van der Waals surface area contributed by atoms with Crippen molar-refractivity contribution in [3.8, 4) is 5.75 Å². The van der Waals surface area contributed by atoms with Crippen LogP contribution in [-0.2, 0) is 19.1 Å². The van der Waals surface area contributed by atoms with Crippen LogP contribution in [-0.4, -0.2) is 44.1 Å². The van der Waals surface area contributed by atoms with Gasteiger partial charge in [0.1, 0.15) is 5.75 Å². The van der Waals surface area contributed by atoms with Crippen LogP contribution in [0.25, 0.3) is 0 Å². The molecule has 0 unspecified atom stereocenters. The fourth-order valence-corrected chi connectivity index (χ4v) is 3.75. The highest BCUT2D eigenvalue weighted by Crippen LogP contribution is 2.34. The largest absolute Gasteiger partial charge is 0.495 e. The van der Waals surface area contributed by atoms with Gasteiger partial charge in [0.2, 0.25) is 5.91 Å². The van der Waals surface area contributed by atoms with Gasteiger partial charge in [0.15, 0.2) is 6.61 Å². The number of carbonyl (C=O) groups is 3. The average Bonchev–Trinajstić information content (AvgIpc) is 3.14. The molecule has 1 heterocycles. The van der Waals surface area contributed by atoms with E-state index in [1.165, 1.54) is 0 Å². The van der Waals surface area contributed by atoms with E-state index in [0.29, 0.717) is 11.4 Å². The smallest absolute Gasteiger partial charge is 0.311 e. The van der Waals surface area contributed by atoms with Crippen molar-refractivity contribution in [3.63, 3.8) is 0 Å². The Bertz CT molecular complexity index is 958. The third-order valence-electron chi connectivity index (χ3n) is 5.24. The predicted octanol–water partition coefficient (Wildman–Crippen LogP) is 3.34. The number of para-hydroxylation sites is 1. The predicted molar refractivity (Wildman–Crippen MR) is 118 cm³/mol. The van der Waals surface area contributed by atoms with Gasteiger partial charge in [-0.1, -0.05) is 24.3 Å². The SMILES string of the molecule is COc1ccc(C)cc1N1C[C@@H](C(=O)OCC(=O)N(c2ccccc2)C(C)C)CC1=O. The van der Waals surface area contributed by atoms with Crippen LogP contribution < -0.4 is 14.5 Å². The minimum Gasteiger partial charge on any atom is -0.495 e. The summed E-state index contributed by atoms with van der Waals surface area (Å²) in [7, 11) is 1.54. The molecule has 164 valence electrons. The van der Waals surface area contributed by atoms with Crippen LogP contribution >= 0.6 is 0 Å². The van der Waals surface area contributed by atoms with E-state index in [0.717, 1.165) is 11.3 Å². The van der Waals surface area contributed by atoms with Crippen LogP contribution in [0.3, 0.4) is 0 Å². The molecule has 1 aliphatic heterocycles. The Morgan fingerprint density at radius 2 is 1.87 bits per heavy atom. The molecule has 0 bridgehead atoms. The lowest BCUT2D eigenvalue weighted by Gasteiger charge is -2.26. The fraction of sp³-hybridized carbons (Fsp3) is 0.375. The van der Waals surface area contributed by atoms with Crippen molar-refractivity contribution < 1.29 is 23.9 Å². The molecule has 31 heavy (non-hydrogen) atoms. The molecule has 2 aromatic carbocycles. The molecule has 0 aliphatic carbocycles. The van der Waals surface area contributed by atoms with Crippen LogP contribution in [0, 0.1) is 12.8 Å². The Hall–Kier alpha value is -3.35. The minimum atomic E-state index is -0.630. The zero-order valence-electron chi connectivity index (χ0n) is 18.3. The number of esters is 1. The van der Waals surface area contributed by atoms with Crippen molar-refractivity contribution in [3.05, 3.63) is 54.1 Å². The third kappa shape index (κ3) is 5.05. The van der Waals surface area contributed by atoms with E-state index in [2.05, 4.69) is 0 Å². The fourth-order valence-electron chi connectivity index (χ4n) is 3.75. The van der Waals surface area contributed by atoms with Gasteiger partial charge < -0.3 is 19.3 Å². The molecular formula is C24H28N2O5. The molecule has 1 atom stereocenters. The Morgan fingerprint density at radius 3 is 2.52 bits per heavy atom. The lowest BCUT2D eigenvalue weighted by Crippen LogP contribution is -2.40. The van der Waals surface area contributed by atoms with Crippen molar-refractivity contribution in [1.82, 2.24) is 0 Å². The van der Waals surface area contributed by atoms with Crippen molar-refractivity contribution in [2.75, 3.05) is 30.1 Å². The lowest BCUT2D eigenvalue weighted by molar-refractivity contribution is -0.151. The summed E-state index contributed by atoms with van der Waals surface area (Å²) in [4.78, 5) is 41.1. The number of anilines is 2. The molecule has 0 N–H and O–H groups in total. The number of amides is 2. The Labute approximate surface area is 182 Å². The first kappa shape index (κ1) is 22.3. The first-order chi connectivity index (χ1) is 14.8. The highest BCUT2D eigenvalue weighted by Gasteiger charge is 2.37. The van der Waals surface area contributed by atoms with Gasteiger partial charge >= 0.3 is 5.97 Å². The number of rotatable bonds is 7. The maximum absolute atomic E-state index is 12.7. The summed E-state index contributed by atoms with van der Waals surface area (Å²) >= 11 is 0. The maximum atomic E-state index is 12.7. The first-order valence-electron chi connectivity index (χ1n) is 10.3. The number of aryl methyl sites for hydroxylation is 1. The van der Waals surface area contributed by atoms with Crippen molar-refractivity contribution >= 4 is 29.2 Å². The van der Waals surface area contributed by atoms with E-state index < -0.39 is 11.9 Å².